The van der Waals surface area contributed by atoms with Crippen LogP contribution in [0.15, 0.2) is 34.2 Å². The molecule has 0 radical (unpaired) electrons. The van der Waals surface area contributed by atoms with Crippen molar-refractivity contribution in [2.75, 3.05) is 39.9 Å². The second kappa shape index (κ2) is 11.8. The van der Waals surface area contributed by atoms with Gasteiger partial charge in [0.1, 0.15) is 0 Å². The van der Waals surface area contributed by atoms with E-state index >= 15 is 0 Å². The van der Waals surface area contributed by atoms with Crippen LogP contribution >= 0.6 is 0 Å². The first-order chi connectivity index (χ1) is 12.0. The Bertz CT molecular complexity index is 615. The normalized spacial score (nSPS) is 12.2. The van der Waals surface area contributed by atoms with Gasteiger partial charge in [-0.3, -0.25) is 4.99 Å². The van der Waals surface area contributed by atoms with Gasteiger partial charge in [0, 0.05) is 39.9 Å². The zero-order valence-corrected chi connectivity index (χ0v) is 16.2. The van der Waals surface area contributed by atoms with Gasteiger partial charge in [0.2, 0.25) is 10.0 Å². The van der Waals surface area contributed by atoms with E-state index in [1.165, 1.54) is 0 Å². The van der Waals surface area contributed by atoms with E-state index in [1.807, 2.05) is 13.8 Å². The zero-order chi connectivity index (χ0) is 18.5. The Labute approximate surface area is 151 Å². The van der Waals surface area contributed by atoms with Gasteiger partial charge in [0.15, 0.2) is 5.96 Å². The van der Waals surface area contributed by atoms with Crippen molar-refractivity contribution in [2.45, 2.75) is 31.6 Å². The third-order valence-corrected chi connectivity index (χ3v) is 4.95. The van der Waals surface area contributed by atoms with Gasteiger partial charge in [-0.1, -0.05) is 17.7 Å². The number of aryl methyl sites for hydroxylation is 1. The predicted octanol–water partition coefficient (Wildman–Crippen LogP) is 1.26. The highest BCUT2D eigenvalue weighted by Crippen LogP contribution is 2.09. The maximum Gasteiger partial charge on any atom is 0.240 e. The minimum atomic E-state index is -3.48. The second-order valence-electron chi connectivity index (χ2n) is 5.54. The number of rotatable bonds is 11. The molecule has 0 saturated heterocycles. The van der Waals surface area contributed by atoms with E-state index in [4.69, 9.17) is 4.74 Å². The molecule has 0 aliphatic rings. The maximum absolute atomic E-state index is 12.2. The molecule has 0 heterocycles. The molecule has 0 amide bonds. The van der Waals surface area contributed by atoms with Crippen LogP contribution in [0.4, 0.5) is 0 Å². The van der Waals surface area contributed by atoms with E-state index in [0.29, 0.717) is 12.5 Å². The predicted molar refractivity (Wildman–Crippen MR) is 101 cm³/mol. The Morgan fingerprint density at radius 1 is 1.08 bits per heavy atom. The lowest BCUT2D eigenvalue weighted by Gasteiger charge is -2.12. The first kappa shape index (κ1) is 21.4. The van der Waals surface area contributed by atoms with Crippen LogP contribution in [0.3, 0.4) is 0 Å². The molecule has 1 rings (SSSR count). The molecule has 0 aromatic heterocycles. The summed E-state index contributed by atoms with van der Waals surface area (Å²) in [5, 5.41) is 6.27. The molecule has 8 heteroatoms. The molecule has 7 nitrogen and oxygen atoms in total. The number of nitrogens with zero attached hydrogens (tertiary/aromatic N) is 1. The summed E-state index contributed by atoms with van der Waals surface area (Å²) in [6.45, 7) is 6.94. The van der Waals surface area contributed by atoms with Gasteiger partial charge in [-0.2, -0.15) is 0 Å². The van der Waals surface area contributed by atoms with Gasteiger partial charge >= 0.3 is 0 Å². The third kappa shape index (κ3) is 8.85. The molecule has 0 bridgehead atoms. The monoisotopic (exact) mass is 370 g/mol. The molecule has 0 aliphatic heterocycles. The smallest absolute Gasteiger partial charge is 0.240 e. The Kier molecular flexibility index (Phi) is 10.1. The van der Waals surface area contributed by atoms with Crippen molar-refractivity contribution in [3.05, 3.63) is 29.8 Å². The van der Waals surface area contributed by atoms with Gasteiger partial charge < -0.3 is 15.4 Å². The number of hydrogen-bond donors (Lipinski definition) is 3. The zero-order valence-electron chi connectivity index (χ0n) is 15.3. The second-order valence-corrected chi connectivity index (χ2v) is 7.31. The van der Waals surface area contributed by atoms with Crippen molar-refractivity contribution in [3.63, 3.8) is 0 Å². The highest BCUT2D eigenvalue weighted by atomic mass is 32.2. The molecule has 0 fully saturated rings. The van der Waals surface area contributed by atoms with Gasteiger partial charge in [0.05, 0.1) is 4.90 Å². The van der Waals surface area contributed by atoms with E-state index < -0.39 is 10.0 Å². The van der Waals surface area contributed by atoms with Crippen LogP contribution in [0, 0.1) is 6.92 Å². The van der Waals surface area contributed by atoms with Gasteiger partial charge in [0.25, 0.3) is 0 Å². The summed E-state index contributed by atoms with van der Waals surface area (Å²) < 4.78 is 32.2. The lowest BCUT2D eigenvalue weighted by molar-refractivity contribution is 0.143. The van der Waals surface area contributed by atoms with Gasteiger partial charge in [-0.15, -0.1) is 0 Å². The van der Waals surface area contributed by atoms with Crippen molar-refractivity contribution in [3.8, 4) is 0 Å². The lowest BCUT2D eigenvalue weighted by Crippen LogP contribution is -2.41. The standard InChI is InChI=1S/C17H30N4O3S/c1-4-24-14-6-5-11-19-17(18-3)20-12-13-21-25(22,23)16-9-7-15(2)8-10-16/h7-10,21H,4-6,11-14H2,1-3H3,(H2,18,19,20). The number of aliphatic imine (C=N–C) groups is 1. The highest BCUT2D eigenvalue weighted by Gasteiger charge is 2.12. The van der Waals surface area contributed by atoms with Gasteiger partial charge in [-0.05, 0) is 38.8 Å². The number of benzene rings is 1. The van der Waals surface area contributed by atoms with Crippen LogP contribution in [-0.2, 0) is 14.8 Å². The Hall–Kier alpha value is -1.64. The Balaban J connectivity index is 2.25. The molecule has 0 atom stereocenters. The fourth-order valence-corrected chi connectivity index (χ4v) is 3.10. The van der Waals surface area contributed by atoms with E-state index in [1.54, 1.807) is 31.3 Å². The molecule has 1 aromatic rings. The molecular formula is C17H30N4O3S. The van der Waals surface area contributed by atoms with E-state index in [0.717, 1.165) is 38.2 Å². The first-order valence-corrected chi connectivity index (χ1v) is 10.1. The minimum Gasteiger partial charge on any atom is -0.382 e. The molecule has 3 N–H and O–H groups in total. The fourth-order valence-electron chi connectivity index (χ4n) is 2.07. The van der Waals surface area contributed by atoms with Crippen molar-refractivity contribution in [1.29, 1.82) is 0 Å². The van der Waals surface area contributed by atoms with Crippen molar-refractivity contribution in [2.24, 2.45) is 4.99 Å². The topological polar surface area (TPSA) is 91.8 Å². The highest BCUT2D eigenvalue weighted by molar-refractivity contribution is 7.89. The van der Waals surface area contributed by atoms with Crippen LogP contribution < -0.4 is 15.4 Å². The number of sulfonamides is 1. The Morgan fingerprint density at radius 3 is 2.40 bits per heavy atom. The molecular weight excluding hydrogens is 340 g/mol. The third-order valence-electron chi connectivity index (χ3n) is 3.48. The summed E-state index contributed by atoms with van der Waals surface area (Å²) in [4.78, 5) is 4.38. The van der Waals surface area contributed by atoms with Gasteiger partial charge in [-0.25, -0.2) is 13.1 Å². The molecule has 0 unspecified atom stereocenters. The number of hydrogen-bond acceptors (Lipinski definition) is 4. The number of nitrogens with one attached hydrogen (secondary N) is 3. The lowest BCUT2D eigenvalue weighted by atomic mass is 10.2. The van der Waals surface area contributed by atoms with Crippen molar-refractivity contribution < 1.29 is 13.2 Å². The van der Waals surface area contributed by atoms with E-state index in [9.17, 15) is 8.42 Å². The number of ether oxygens (including phenoxy) is 1. The van der Waals surface area contributed by atoms with Crippen LogP contribution in [-0.4, -0.2) is 54.3 Å². The molecule has 0 spiro atoms. The van der Waals surface area contributed by atoms with Crippen LogP contribution in [0.1, 0.15) is 25.3 Å². The molecule has 1 aromatic carbocycles. The molecule has 142 valence electrons. The van der Waals surface area contributed by atoms with Crippen molar-refractivity contribution in [1.82, 2.24) is 15.4 Å². The van der Waals surface area contributed by atoms with Crippen LogP contribution in [0.5, 0.6) is 0 Å². The largest absolute Gasteiger partial charge is 0.382 e. The average Bonchev–Trinajstić information content (AvgIpc) is 2.60. The quantitative estimate of drug-likeness (QED) is 0.310. The summed E-state index contributed by atoms with van der Waals surface area (Å²) in [5.74, 6) is 0.658. The first-order valence-electron chi connectivity index (χ1n) is 8.58. The van der Waals surface area contributed by atoms with E-state index in [-0.39, 0.29) is 11.4 Å². The maximum atomic E-state index is 12.2. The summed E-state index contributed by atoms with van der Waals surface area (Å²) in [7, 11) is -1.79. The summed E-state index contributed by atoms with van der Waals surface area (Å²) in [6, 6.07) is 6.77. The number of unbranched alkanes of at least 4 members (excludes halogenated alkanes) is 1. The summed E-state index contributed by atoms with van der Waals surface area (Å²) >= 11 is 0. The number of guanidine groups is 1. The fraction of sp³-hybridized carbons (Fsp3) is 0.588. The molecule has 0 saturated carbocycles. The average molecular weight is 371 g/mol. The SMILES string of the molecule is CCOCCCCNC(=NC)NCCNS(=O)(=O)c1ccc(C)cc1. The molecule has 0 aliphatic carbocycles. The summed E-state index contributed by atoms with van der Waals surface area (Å²) in [6.07, 6.45) is 1.98. The van der Waals surface area contributed by atoms with Crippen LogP contribution in [0.25, 0.3) is 0 Å². The molecule has 25 heavy (non-hydrogen) atoms. The van der Waals surface area contributed by atoms with Crippen LogP contribution in [0.2, 0.25) is 0 Å². The Morgan fingerprint density at radius 2 is 1.76 bits per heavy atom. The van der Waals surface area contributed by atoms with Crippen molar-refractivity contribution >= 4 is 16.0 Å². The summed E-state index contributed by atoms with van der Waals surface area (Å²) in [5.41, 5.74) is 1.02. The van der Waals surface area contributed by atoms with E-state index in [2.05, 4.69) is 20.3 Å². The minimum absolute atomic E-state index is 0.273.